The molecule has 0 bridgehead atoms. The topological polar surface area (TPSA) is 55.0 Å². The molecule has 1 aromatic carbocycles. The molecule has 0 amide bonds. The molecule has 1 heterocycles. The van der Waals surface area contributed by atoms with Gasteiger partial charge in [-0.1, -0.05) is 23.7 Å². The van der Waals surface area contributed by atoms with Gasteiger partial charge in [-0.15, -0.1) is 0 Å². The normalized spacial score (nSPS) is 12.2. The first-order valence-corrected chi connectivity index (χ1v) is 6.51. The molecular formula is C13H14Cl2N4. The Hall–Kier alpha value is -1.52. The van der Waals surface area contributed by atoms with Crippen molar-refractivity contribution in [2.24, 2.45) is 0 Å². The fourth-order valence-corrected chi connectivity index (χ4v) is 2.05. The van der Waals surface area contributed by atoms with Crippen molar-refractivity contribution in [3.05, 3.63) is 46.3 Å². The summed E-state index contributed by atoms with van der Waals surface area (Å²) in [6, 6.07) is 7.76. The van der Waals surface area contributed by atoms with Crippen LogP contribution >= 0.6 is 23.2 Å². The number of aromatic nitrogens is 2. The minimum atomic E-state index is 0.0885. The molecule has 6 heteroatoms. The Bertz CT molecular complexity index is 571. The molecule has 4 nitrogen and oxygen atoms in total. The Morgan fingerprint density at radius 3 is 2.47 bits per heavy atom. The van der Waals surface area contributed by atoms with Gasteiger partial charge in [-0.25, -0.2) is 4.98 Å². The minimum absolute atomic E-state index is 0.0885. The van der Waals surface area contributed by atoms with Crippen LogP contribution in [0.3, 0.4) is 0 Å². The smallest absolute Gasteiger partial charge is 0.224 e. The van der Waals surface area contributed by atoms with Crippen LogP contribution < -0.4 is 10.6 Å². The predicted molar refractivity (Wildman–Crippen MR) is 79.7 cm³/mol. The van der Waals surface area contributed by atoms with Gasteiger partial charge in [0.05, 0.1) is 17.9 Å². The van der Waals surface area contributed by atoms with E-state index in [2.05, 4.69) is 16.9 Å². The number of hydrogen-bond acceptors (Lipinski definition) is 4. The summed E-state index contributed by atoms with van der Waals surface area (Å²) in [5, 5.41) is 0.891. The molecular weight excluding hydrogens is 283 g/mol. The third kappa shape index (κ3) is 3.08. The van der Waals surface area contributed by atoms with Crippen LogP contribution in [0.25, 0.3) is 0 Å². The molecule has 19 heavy (non-hydrogen) atoms. The van der Waals surface area contributed by atoms with E-state index >= 15 is 0 Å². The van der Waals surface area contributed by atoms with Crippen molar-refractivity contribution < 1.29 is 0 Å². The zero-order valence-electron chi connectivity index (χ0n) is 10.6. The molecule has 2 aromatic rings. The number of anilines is 2. The Morgan fingerprint density at radius 2 is 1.84 bits per heavy atom. The van der Waals surface area contributed by atoms with Gasteiger partial charge >= 0.3 is 0 Å². The quantitative estimate of drug-likeness (QED) is 0.880. The summed E-state index contributed by atoms with van der Waals surface area (Å²) >= 11 is 11.7. The lowest BCUT2D eigenvalue weighted by Gasteiger charge is -2.27. The SMILES string of the molecule is CC(c1ccc(Cl)cc1)N(C)c1nc(Cl)ncc1N. The number of nitrogens with zero attached hydrogens (tertiary/aromatic N) is 3. The van der Waals surface area contributed by atoms with Crippen LogP contribution in [0.1, 0.15) is 18.5 Å². The van der Waals surface area contributed by atoms with E-state index in [-0.39, 0.29) is 11.3 Å². The molecule has 0 spiro atoms. The van der Waals surface area contributed by atoms with Gasteiger partial charge in [-0.05, 0) is 36.2 Å². The van der Waals surface area contributed by atoms with Crippen LogP contribution in [0.15, 0.2) is 30.5 Å². The summed E-state index contributed by atoms with van der Waals surface area (Å²) in [6.45, 7) is 2.05. The van der Waals surface area contributed by atoms with Crippen LogP contribution in [0.5, 0.6) is 0 Å². The first-order chi connectivity index (χ1) is 8.99. The van der Waals surface area contributed by atoms with Gasteiger partial charge < -0.3 is 10.6 Å². The monoisotopic (exact) mass is 296 g/mol. The summed E-state index contributed by atoms with van der Waals surface area (Å²) in [6.07, 6.45) is 1.51. The predicted octanol–water partition coefficient (Wildman–Crippen LogP) is 3.56. The summed E-state index contributed by atoms with van der Waals surface area (Å²) in [7, 11) is 1.91. The van der Waals surface area contributed by atoms with Crippen LogP contribution in [-0.4, -0.2) is 17.0 Å². The zero-order chi connectivity index (χ0) is 14.0. The number of benzene rings is 1. The van der Waals surface area contributed by atoms with E-state index in [9.17, 15) is 0 Å². The fraction of sp³-hybridized carbons (Fsp3) is 0.231. The molecule has 0 saturated carbocycles. The van der Waals surface area contributed by atoms with Gasteiger partial charge in [0.2, 0.25) is 5.28 Å². The van der Waals surface area contributed by atoms with Gasteiger partial charge in [0.1, 0.15) is 0 Å². The van der Waals surface area contributed by atoms with E-state index in [1.165, 1.54) is 6.20 Å². The number of rotatable bonds is 3. The van der Waals surface area contributed by atoms with Crippen molar-refractivity contribution in [1.29, 1.82) is 0 Å². The molecule has 1 atom stereocenters. The summed E-state index contributed by atoms with van der Waals surface area (Å²) in [5.41, 5.74) is 7.49. The minimum Gasteiger partial charge on any atom is -0.394 e. The van der Waals surface area contributed by atoms with Gasteiger partial charge in [0.15, 0.2) is 5.82 Å². The largest absolute Gasteiger partial charge is 0.394 e. The van der Waals surface area contributed by atoms with E-state index in [0.29, 0.717) is 16.5 Å². The van der Waals surface area contributed by atoms with Gasteiger partial charge in [-0.2, -0.15) is 4.98 Å². The second-order valence-electron chi connectivity index (χ2n) is 4.26. The van der Waals surface area contributed by atoms with Crippen molar-refractivity contribution in [3.8, 4) is 0 Å². The summed E-state index contributed by atoms with van der Waals surface area (Å²) in [5.74, 6) is 0.613. The second-order valence-corrected chi connectivity index (χ2v) is 5.03. The second kappa shape index (κ2) is 5.63. The fourth-order valence-electron chi connectivity index (χ4n) is 1.79. The molecule has 0 aliphatic rings. The Balaban J connectivity index is 2.30. The van der Waals surface area contributed by atoms with Crippen molar-refractivity contribution in [3.63, 3.8) is 0 Å². The highest BCUT2D eigenvalue weighted by molar-refractivity contribution is 6.30. The van der Waals surface area contributed by atoms with Gasteiger partial charge in [0.25, 0.3) is 0 Å². The Labute approximate surface area is 122 Å². The van der Waals surface area contributed by atoms with E-state index in [1.807, 2.05) is 36.2 Å². The van der Waals surface area contributed by atoms with E-state index in [0.717, 1.165) is 5.56 Å². The third-order valence-electron chi connectivity index (χ3n) is 3.03. The van der Waals surface area contributed by atoms with E-state index in [4.69, 9.17) is 28.9 Å². The summed E-state index contributed by atoms with van der Waals surface area (Å²) < 4.78 is 0. The van der Waals surface area contributed by atoms with E-state index in [1.54, 1.807) is 0 Å². The van der Waals surface area contributed by atoms with Crippen molar-refractivity contribution in [2.45, 2.75) is 13.0 Å². The highest BCUT2D eigenvalue weighted by atomic mass is 35.5. The van der Waals surface area contributed by atoms with Crippen molar-refractivity contribution in [1.82, 2.24) is 9.97 Å². The lowest BCUT2D eigenvalue weighted by Crippen LogP contribution is -2.24. The number of hydrogen-bond donors (Lipinski definition) is 1. The first-order valence-electron chi connectivity index (χ1n) is 5.75. The summed E-state index contributed by atoms with van der Waals surface area (Å²) in [4.78, 5) is 9.97. The highest BCUT2D eigenvalue weighted by Gasteiger charge is 2.16. The number of halogens is 2. The van der Waals surface area contributed by atoms with E-state index < -0.39 is 0 Å². The zero-order valence-corrected chi connectivity index (χ0v) is 12.2. The molecule has 0 aliphatic heterocycles. The van der Waals surface area contributed by atoms with Crippen LogP contribution in [0.4, 0.5) is 11.5 Å². The third-order valence-corrected chi connectivity index (χ3v) is 3.47. The first kappa shape index (κ1) is 13.9. The average molecular weight is 297 g/mol. The lowest BCUT2D eigenvalue weighted by molar-refractivity contribution is 0.728. The van der Waals surface area contributed by atoms with Crippen LogP contribution in [-0.2, 0) is 0 Å². The molecule has 0 saturated heterocycles. The standard InChI is InChI=1S/C13H14Cl2N4/c1-8(9-3-5-10(14)6-4-9)19(2)12-11(16)7-17-13(15)18-12/h3-8H,16H2,1-2H3. The molecule has 0 fully saturated rings. The lowest BCUT2D eigenvalue weighted by atomic mass is 10.1. The molecule has 2 N–H and O–H groups in total. The molecule has 0 aliphatic carbocycles. The van der Waals surface area contributed by atoms with Crippen LogP contribution in [0.2, 0.25) is 10.3 Å². The van der Waals surface area contributed by atoms with Gasteiger partial charge in [0, 0.05) is 12.1 Å². The molecule has 1 unspecified atom stereocenters. The van der Waals surface area contributed by atoms with Crippen molar-refractivity contribution >= 4 is 34.7 Å². The molecule has 2 rings (SSSR count). The van der Waals surface area contributed by atoms with Crippen LogP contribution in [0, 0.1) is 0 Å². The number of nitrogen functional groups attached to an aromatic ring is 1. The van der Waals surface area contributed by atoms with Crippen molar-refractivity contribution in [2.75, 3.05) is 17.7 Å². The molecule has 100 valence electrons. The maximum Gasteiger partial charge on any atom is 0.224 e. The Kier molecular flexibility index (Phi) is 4.12. The highest BCUT2D eigenvalue weighted by Crippen LogP contribution is 2.28. The van der Waals surface area contributed by atoms with Gasteiger partial charge in [-0.3, -0.25) is 0 Å². The molecule has 1 aromatic heterocycles. The maximum absolute atomic E-state index is 5.89. The molecule has 0 radical (unpaired) electrons. The maximum atomic E-state index is 5.89. The average Bonchev–Trinajstić information content (AvgIpc) is 2.41. The number of nitrogens with two attached hydrogens (primary N) is 1. The Morgan fingerprint density at radius 1 is 1.21 bits per heavy atom.